The Morgan fingerprint density at radius 2 is 1.84 bits per heavy atom. The molecule has 224 valence electrons. The number of nitrogens with zero attached hydrogens (tertiary/aromatic N) is 3. The molecule has 0 saturated carbocycles. The van der Waals surface area contributed by atoms with Crippen LogP contribution in [0.1, 0.15) is 18.4 Å². The number of aromatic nitrogens is 2. The lowest BCUT2D eigenvalue weighted by Crippen LogP contribution is -2.43. The number of halogens is 2. The number of ether oxygens (including phenoxy) is 2. The Labute approximate surface area is 253 Å². The van der Waals surface area contributed by atoms with Gasteiger partial charge in [-0.3, -0.25) is 14.5 Å². The minimum Gasteiger partial charge on any atom is -0.487 e. The van der Waals surface area contributed by atoms with Gasteiger partial charge in [-0.1, -0.05) is 23.7 Å². The van der Waals surface area contributed by atoms with Crippen LogP contribution in [0, 0.1) is 5.82 Å². The Balaban J connectivity index is 1.14. The van der Waals surface area contributed by atoms with Gasteiger partial charge in [-0.25, -0.2) is 14.4 Å². The summed E-state index contributed by atoms with van der Waals surface area (Å²) in [5.41, 5.74) is 2.67. The van der Waals surface area contributed by atoms with Crippen molar-refractivity contribution in [1.82, 2.24) is 20.2 Å². The molecule has 2 amide bonds. The first-order valence-electron chi connectivity index (χ1n) is 14.0. The van der Waals surface area contributed by atoms with Crippen molar-refractivity contribution in [2.24, 2.45) is 0 Å². The van der Waals surface area contributed by atoms with E-state index in [-0.39, 0.29) is 30.7 Å². The van der Waals surface area contributed by atoms with E-state index < -0.39 is 0 Å². The lowest BCUT2D eigenvalue weighted by molar-refractivity contribution is -0.123. The highest BCUT2D eigenvalue weighted by molar-refractivity contribution is 6.32. The molecule has 0 bridgehead atoms. The van der Waals surface area contributed by atoms with E-state index in [1.807, 2.05) is 4.90 Å². The van der Waals surface area contributed by atoms with Crippen molar-refractivity contribution in [2.45, 2.75) is 19.4 Å². The third kappa shape index (κ3) is 8.84. The molecule has 1 aromatic heterocycles. The zero-order valence-electron chi connectivity index (χ0n) is 23.4. The summed E-state index contributed by atoms with van der Waals surface area (Å²) in [4.78, 5) is 35.5. The van der Waals surface area contributed by atoms with E-state index in [1.165, 1.54) is 18.5 Å². The molecule has 0 aliphatic carbocycles. The lowest BCUT2D eigenvalue weighted by Gasteiger charge is -2.25. The molecule has 1 aliphatic rings. The third-order valence-corrected chi connectivity index (χ3v) is 7.07. The van der Waals surface area contributed by atoms with Gasteiger partial charge in [0, 0.05) is 42.8 Å². The van der Waals surface area contributed by atoms with Gasteiger partial charge in [0.25, 0.3) is 0 Å². The number of rotatable bonds is 12. The second-order valence-electron chi connectivity index (χ2n) is 10.0. The predicted molar refractivity (Wildman–Crippen MR) is 163 cm³/mol. The molecule has 12 heteroatoms. The van der Waals surface area contributed by atoms with E-state index in [0.717, 1.165) is 13.1 Å². The molecular weight excluding hydrogens is 575 g/mol. The molecule has 2 heterocycles. The molecule has 0 atom stereocenters. The molecule has 10 nitrogen and oxygen atoms in total. The summed E-state index contributed by atoms with van der Waals surface area (Å²) < 4.78 is 24.5. The highest BCUT2D eigenvalue weighted by Crippen LogP contribution is 2.31. The molecule has 0 radical (unpaired) electrons. The van der Waals surface area contributed by atoms with Gasteiger partial charge < -0.3 is 25.4 Å². The van der Waals surface area contributed by atoms with Crippen LogP contribution < -0.4 is 20.7 Å². The summed E-state index contributed by atoms with van der Waals surface area (Å²) in [5, 5.41) is 10.1. The Kier molecular flexibility index (Phi) is 10.3. The zero-order chi connectivity index (χ0) is 30.0. The summed E-state index contributed by atoms with van der Waals surface area (Å²) in [6.07, 6.45) is 2.24. The van der Waals surface area contributed by atoms with Gasteiger partial charge in [0.15, 0.2) is 0 Å². The van der Waals surface area contributed by atoms with Gasteiger partial charge in [-0.2, -0.15) is 0 Å². The quantitative estimate of drug-likeness (QED) is 0.195. The number of hydrogen-bond acceptors (Lipinski definition) is 8. The first-order valence-corrected chi connectivity index (χ1v) is 14.4. The summed E-state index contributed by atoms with van der Waals surface area (Å²) >= 11 is 6.46. The Hall–Kier alpha value is -4.32. The van der Waals surface area contributed by atoms with Gasteiger partial charge in [0.1, 0.15) is 30.3 Å². The van der Waals surface area contributed by atoms with Crippen molar-refractivity contribution in [1.29, 1.82) is 0 Å². The van der Waals surface area contributed by atoms with Gasteiger partial charge in [-0.05, 0) is 60.5 Å². The van der Waals surface area contributed by atoms with Crippen LogP contribution in [0.2, 0.25) is 5.02 Å². The molecule has 1 saturated heterocycles. The largest absolute Gasteiger partial charge is 0.487 e. The van der Waals surface area contributed by atoms with Gasteiger partial charge in [0.2, 0.25) is 11.8 Å². The third-order valence-electron chi connectivity index (χ3n) is 6.77. The van der Waals surface area contributed by atoms with Crippen molar-refractivity contribution in [3.05, 3.63) is 83.4 Å². The Morgan fingerprint density at radius 1 is 1.00 bits per heavy atom. The average molecular weight is 607 g/mol. The number of benzene rings is 3. The summed E-state index contributed by atoms with van der Waals surface area (Å²) in [6, 6.07) is 16.8. The number of amides is 2. The molecule has 1 fully saturated rings. The number of anilines is 3. The molecule has 4 aromatic rings. The Morgan fingerprint density at radius 3 is 2.65 bits per heavy atom. The number of nitrogens with one attached hydrogen (secondary N) is 3. The number of carbonyl (C=O) groups excluding carboxylic acids is 2. The number of morpholine rings is 1. The molecule has 5 rings (SSSR count). The SMILES string of the molecule is O=C(CN1CCOCC1)NCCCC(=O)Nc1ccc2ncnc(Nc3ccc(OCc4cccc(F)c4)c(Cl)c3)c2c1. The molecule has 0 spiro atoms. The number of carbonyl (C=O) groups is 2. The summed E-state index contributed by atoms with van der Waals surface area (Å²) in [7, 11) is 0. The molecule has 43 heavy (non-hydrogen) atoms. The normalized spacial score (nSPS) is 13.4. The monoisotopic (exact) mass is 606 g/mol. The number of fused-ring (bicyclic) bond motifs is 1. The van der Waals surface area contributed by atoms with E-state index in [0.29, 0.717) is 77.2 Å². The fourth-order valence-electron chi connectivity index (χ4n) is 4.57. The van der Waals surface area contributed by atoms with Crippen molar-refractivity contribution in [2.75, 3.05) is 50.0 Å². The molecule has 1 aliphatic heterocycles. The van der Waals surface area contributed by atoms with Crippen LogP contribution >= 0.6 is 11.6 Å². The minimum absolute atomic E-state index is 0.0517. The Bertz CT molecular complexity index is 1580. The first-order chi connectivity index (χ1) is 20.9. The average Bonchev–Trinajstić information content (AvgIpc) is 3.00. The maximum atomic E-state index is 13.4. The fraction of sp³-hybridized carbons (Fsp3) is 0.290. The van der Waals surface area contributed by atoms with Gasteiger partial charge >= 0.3 is 0 Å². The van der Waals surface area contributed by atoms with E-state index in [4.69, 9.17) is 21.1 Å². The molecule has 3 aromatic carbocycles. The molecule has 3 N–H and O–H groups in total. The summed E-state index contributed by atoms with van der Waals surface area (Å²) in [6.45, 7) is 3.72. The topological polar surface area (TPSA) is 118 Å². The van der Waals surface area contributed by atoms with E-state index in [1.54, 1.807) is 48.5 Å². The van der Waals surface area contributed by atoms with Crippen LogP contribution in [0.5, 0.6) is 5.75 Å². The van der Waals surface area contributed by atoms with Crippen LogP contribution in [0.15, 0.2) is 67.0 Å². The first kappa shape index (κ1) is 30.1. The standard InChI is InChI=1S/C31H32ClFN6O4/c32-26-17-24(7-9-28(26)43-19-21-3-1-4-22(33)15-21)38-31-25-16-23(6-8-27(25)35-20-36-31)37-29(40)5-2-10-34-30(41)18-39-11-13-42-14-12-39/h1,3-4,6-9,15-17,20H,2,5,10-14,18-19H2,(H,34,41)(H,37,40)(H,35,36,38). The lowest BCUT2D eigenvalue weighted by atomic mass is 10.2. The number of hydrogen-bond donors (Lipinski definition) is 3. The highest BCUT2D eigenvalue weighted by atomic mass is 35.5. The van der Waals surface area contributed by atoms with E-state index >= 15 is 0 Å². The van der Waals surface area contributed by atoms with Crippen LogP contribution in [0.25, 0.3) is 10.9 Å². The van der Waals surface area contributed by atoms with Crippen molar-refractivity contribution < 1.29 is 23.5 Å². The smallest absolute Gasteiger partial charge is 0.234 e. The van der Waals surface area contributed by atoms with Crippen LogP contribution in [-0.4, -0.2) is 66.1 Å². The maximum absolute atomic E-state index is 13.4. The fourth-order valence-corrected chi connectivity index (χ4v) is 4.81. The molecule has 0 unspecified atom stereocenters. The highest BCUT2D eigenvalue weighted by Gasteiger charge is 2.14. The van der Waals surface area contributed by atoms with Crippen molar-refractivity contribution in [3.8, 4) is 5.75 Å². The summed E-state index contributed by atoms with van der Waals surface area (Å²) in [5.74, 6) is 0.462. The zero-order valence-corrected chi connectivity index (χ0v) is 24.2. The maximum Gasteiger partial charge on any atom is 0.234 e. The van der Waals surface area contributed by atoms with Crippen LogP contribution in [0.4, 0.5) is 21.6 Å². The van der Waals surface area contributed by atoms with E-state index in [2.05, 4.69) is 25.9 Å². The second-order valence-corrected chi connectivity index (χ2v) is 10.4. The predicted octanol–water partition coefficient (Wildman–Crippen LogP) is 4.91. The second kappa shape index (κ2) is 14.7. The van der Waals surface area contributed by atoms with E-state index in [9.17, 15) is 14.0 Å². The molecular formula is C31H32ClFN6O4. The van der Waals surface area contributed by atoms with Crippen LogP contribution in [0.3, 0.4) is 0 Å². The van der Waals surface area contributed by atoms with Crippen molar-refractivity contribution in [3.63, 3.8) is 0 Å². The van der Waals surface area contributed by atoms with Crippen LogP contribution in [-0.2, 0) is 20.9 Å². The van der Waals surface area contributed by atoms with Gasteiger partial charge in [0.05, 0.1) is 30.3 Å². The van der Waals surface area contributed by atoms with Gasteiger partial charge in [-0.15, -0.1) is 0 Å². The van der Waals surface area contributed by atoms with Crippen molar-refractivity contribution >= 4 is 51.5 Å². The minimum atomic E-state index is -0.327.